The van der Waals surface area contributed by atoms with Crippen molar-refractivity contribution >= 4 is 5.69 Å². The second kappa shape index (κ2) is 6.01. The minimum absolute atomic E-state index is 0.0690. The summed E-state index contributed by atoms with van der Waals surface area (Å²) in [5.41, 5.74) is -1.11. The first-order chi connectivity index (χ1) is 9.04. The normalized spacial score (nSPS) is 12.6. The predicted octanol–water partition coefficient (Wildman–Crippen LogP) is 2.63. The highest BCUT2D eigenvalue weighted by Gasteiger charge is 2.35. The van der Waals surface area contributed by atoms with E-state index in [4.69, 9.17) is 0 Å². The molecule has 20 heavy (non-hydrogen) atoms. The third-order valence-corrected chi connectivity index (χ3v) is 2.78. The van der Waals surface area contributed by atoms with Crippen molar-refractivity contribution in [3.8, 4) is 0 Å². The smallest absolute Gasteiger partial charge is 0.389 e. The number of nitrogens with zero attached hydrogens (tertiary/aromatic N) is 1. The van der Waals surface area contributed by atoms with Crippen LogP contribution < -0.4 is 10.2 Å². The molecule has 0 amide bonds. The molecule has 0 bridgehead atoms. The van der Waals surface area contributed by atoms with Crippen molar-refractivity contribution in [1.29, 1.82) is 0 Å². The van der Waals surface area contributed by atoms with E-state index in [1.807, 2.05) is 0 Å². The summed E-state index contributed by atoms with van der Waals surface area (Å²) >= 11 is 0. The highest BCUT2D eigenvalue weighted by atomic mass is 19.4. The molecule has 0 unspecified atom stereocenters. The van der Waals surface area contributed by atoms with Crippen LogP contribution in [0.1, 0.15) is 25.0 Å². The van der Waals surface area contributed by atoms with Crippen LogP contribution in [0.5, 0.6) is 0 Å². The van der Waals surface area contributed by atoms with Crippen LogP contribution in [0, 0.1) is 0 Å². The first kappa shape index (κ1) is 16.8. The van der Waals surface area contributed by atoms with Gasteiger partial charge in [0, 0.05) is 25.8 Å². The van der Waals surface area contributed by atoms with E-state index in [1.165, 1.54) is 11.0 Å². The van der Waals surface area contributed by atoms with Crippen LogP contribution in [0.2, 0.25) is 0 Å². The van der Waals surface area contributed by atoms with Gasteiger partial charge in [-0.05, 0) is 38.6 Å². The van der Waals surface area contributed by atoms with Crippen LogP contribution in [0.15, 0.2) is 18.2 Å². The Kier molecular flexibility index (Phi) is 5.05. The molecule has 0 saturated heterocycles. The Labute approximate surface area is 117 Å². The van der Waals surface area contributed by atoms with E-state index in [0.717, 1.165) is 6.07 Å². The summed E-state index contributed by atoms with van der Waals surface area (Å²) in [6.07, 6.45) is -4.42. The number of likely N-dealkylation sites (N-methyl/N-ethyl adjacent to an activating group) is 1. The van der Waals surface area contributed by atoms with Gasteiger partial charge in [-0.1, -0.05) is 6.07 Å². The molecule has 3 nitrogen and oxygen atoms in total. The van der Waals surface area contributed by atoms with Crippen LogP contribution in [0.25, 0.3) is 0 Å². The van der Waals surface area contributed by atoms with E-state index in [1.54, 1.807) is 34.0 Å². The fourth-order valence-corrected chi connectivity index (χ4v) is 2.12. The quantitative estimate of drug-likeness (QED) is 0.875. The van der Waals surface area contributed by atoms with Gasteiger partial charge in [0.15, 0.2) is 0 Å². The minimum Gasteiger partial charge on any atom is -0.389 e. The lowest BCUT2D eigenvalue weighted by Gasteiger charge is -2.29. The van der Waals surface area contributed by atoms with Gasteiger partial charge in [-0.3, -0.25) is 0 Å². The molecule has 1 aromatic carbocycles. The van der Waals surface area contributed by atoms with E-state index in [-0.39, 0.29) is 12.2 Å². The molecule has 0 atom stereocenters. The van der Waals surface area contributed by atoms with E-state index < -0.39 is 17.3 Å². The Morgan fingerprint density at radius 1 is 1.25 bits per heavy atom. The second-order valence-corrected chi connectivity index (χ2v) is 5.55. The third-order valence-electron chi connectivity index (χ3n) is 2.78. The van der Waals surface area contributed by atoms with E-state index in [2.05, 4.69) is 5.32 Å². The van der Waals surface area contributed by atoms with Gasteiger partial charge < -0.3 is 15.3 Å². The number of anilines is 1. The first-order valence-electron chi connectivity index (χ1n) is 6.33. The Morgan fingerprint density at radius 2 is 1.85 bits per heavy atom. The van der Waals surface area contributed by atoms with Gasteiger partial charge in [-0.2, -0.15) is 13.2 Å². The Balaban J connectivity index is 3.18. The number of aliphatic hydroxyl groups is 1. The number of hydrogen-bond acceptors (Lipinski definition) is 3. The Morgan fingerprint density at radius 3 is 2.30 bits per heavy atom. The summed E-state index contributed by atoms with van der Waals surface area (Å²) in [5, 5.41) is 12.6. The Bertz CT molecular complexity index is 453. The molecular weight excluding hydrogens is 269 g/mol. The number of rotatable bonds is 5. The van der Waals surface area contributed by atoms with Gasteiger partial charge in [0.25, 0.3) is 0 Å². The molecule has 0 aliphatic rings. The maximum absolute atomic E-state index is 13.2. The van der Waals surface area contributed by atoms with Crippen LogP contribution in [-0.2, 0) is 12.7 Å². The number of nitrogens with one attached hydrogen (secondary N) is 1. The van der Waals surface area contributed by atoms with Crippen molar-refractivity contribution in [3.63, 3.8) is 0 Å². The zero-order valence-corrected chi connectivity index (χ0v) is 12.2. The fourth-order valence-electron chi connectivity index (χ4n) is 2.12. The lowest BCUT2D eigenvalue weighted by atomic mass is 10.0. The molecule has 1 aromatic rings. The summed E-state index contributed by atoms with van der Waals surface area (Å²) in [6.45, 7) is 3.61. The van der Waals surface area contributed by atoms with Gasteiger partial charge in [0.2, 0.25) is 0 Å². The third kappa shape index (κ3) is 4.68. The van der Waals surface area contributed by atoms with Crippen LogP contribution in [0.3, 0.4) is 0 Å². The predicted molar refractivity (Wildman–Crippen MR) is 73.8 cm³/mol. The molecule has 0 aromatic heterocycles. The van der Waals surface area contributed by atoms with Gasteiger partial charge >= 0.3 is 6.18 Å². The molecule has 0 saturated carbocycles. The van der Waals surface area contributed by atoms with Crippen LogP contribution in [-0.4, -0.2) is 31.3 Å². The van der Waals surface area contributed by atoms with E-state index >= 15 is 0 Å². The molecule has 0 fully saturated rings. The molecule has 0 heterocycles. The second-order valence-electron chi connectivity index (χ2n) is 5.55. The zero-order valence-electron chi connectivity index (χ0n) is 12.2. The number of hydrogen-bond donors (Lipinski definition) is 2. The number of alkyl halides is 3. The summed E-state index contributed by atoms with van der Waals surface area (Å²) in [5.74, 6) is 0. The maximum atomic E-state index is 13.2. The van der Waals surface area contributed by atoms with Gasteiger partial charge in [0.1, 0.15) is 0 Å². The summed E-state index contributed by atoms with van der Waals surface area (Å²) in [7, 11) is 3.22. The molecule has 0 aliphatic carbocycles. The highest BCUT2D eigenvalue weighted by molar-refractivity contribution is 5.56. The van der Waals surface area contributed by atoms with Crippen LogP contribution in [0.4, 0.5) is 18.9 Å². The minimum atomic E-state index is -4.42. The van der Waals surface area contributed by atoms with Crippen molar-refractivity contribution in [2.24, 2.45) is 0 Å². The van der Waals surface area contributed by atoms with Crippen molar-refractivity contribution in [1.82, 2.24) is 5.32 Å². The Hall–Kier alpha value is -1.27. The summed E-state index contributed by atoms with van der Waals surface area (Å²) in [4.78, 5) is 1.42. The molecule has 0 aliphatic heterocycles. The average molecular weight is 290 g/mol. The largest absolute Gasteiger partial charge is 0.418 e. The topological polar surface area (TPSA) is 35.5 Å². The zero-order chi connectivity index (χ0) is 15.6. The number of benzene rings is 1. The molecule has 1 rings (SSSR count). The first-order valence-corrected chi connectivity index (χ1v) is 6.33. The molecule has 2 N–H and O–H groups in total. The van der Waals surface area contributed by atoms with Crippen LogP contribution >= 0.6 is 0 Å². The standard InChI is InChI=1S/C14H21F3N2O/c1-13(2,20)9-19(4)12-6-5-10(8-18-3)7-11(12)14(15,16)17/h5-7,18,20H,8-9H2,1-4H3. The molecule has 114 valence electrons. The van der Waals surface area contributed by atoms with E-state index in [0.29, 0.717) is 12.1 Å². The summed E-state index contributed by atoms with van der Waals surface area (Å²) in [6, 6.07) is 4.25. The lowest BCUT2D eigenvalue weighted by molar-refractivity contribution is -0.137. The maximum Gasteiger partial charge on any atom is 0.418 e. The fraction of sp³-hybridized carbons (Fsp3) is 0.571. The summed E-state index contributed by atoms with van der Waals surface area (Å²) < 4.78 is 39.5. The lowest BCUT2D eigenvalue weighted by Crippen LogP contribution is -2.37. The molecule has 0 radical (unpaired) electrons. The van der Waals surface area contributed by atoms with Gasteiger partial charge in [-0.15, -0.1) is 0 Å². The van der Waals surface area contributed by atoms with Crippen molar-refractivity contribution in [2.45, 2.75) is 32.2 Å². The van der Waals surface area contributed by atoms with Crippen molar-refractivity contribution in [3.05, 3.63) is 29.3 Å². The highest BCUT2D eigenvalue weighted by Crippen LogP contribution is 2.37. The molecule has 0 spiro atoms. The van der Waals surface area contributed by atoms with Crippen molar-refractivity contribution < 1.29 is 18.3 Å². The SMILES string of the molecule is CNCc1ccc(N(C)CC(C)(C)O)c(C(F)(F)F)c1. The van der Waals surface area contributed by atoms with Gasteiger partial charge in [-0.25, -0.2) is 0 Å². The average Bonchev–Trinajstić information content (AvgIpc) is 2.25. The van der Waals surface area contributed by atoms with E-state index in [9.17, 15) is 18.3 Å². The van der Waals surface area contributed by atoms with Crippen molar-refractivity contribution in [2.75, 3.05) is 25.5 Å². The van der Waals surface area contributed by atoms with Gasteiger partial charge in [0.05, 0.1) is 11.2 Å². The molecule has 6 heteroatoms. The molecular formula is C14H21F3N2O. The number of halogens is 3. The monoisotopic (exact) mass is 290 g/mol.